The lowest BCUT2D eigenvalue weighted by Gasteiger charge is -2.30. The first kappa shape index (κ1) is 23.2. The van der Waals surface area contributed by atoms with Gasteiger partial charge in [0.2, 0.25) is 0 Å². The number of H-pyrrole nitrogens is 1. The van der Waals surface area contributed by atoms with Crippen LogP contribution in [0.25, 0.3) is 10.8 Å². The SMILES string of the molecule is COc1cc(N2CCNCC2)ccc1Nc1nc(Nc2ccc(Cl)cc2Cl)cc2cn[nH]c(=O)c12. The summed E-state index contributed by atoms with van der Waals surface area (Å²) >= 11 is 12.3. The van der Waals surface area contributed by atoms with Gasteiger partial charge < -0.3 is 25.6 Å². The van der Waals surface area contributed by atoms with Gasteiger partial charge in [-0.05, 0) is 36.4 Å². The third kappa shape index (κ3) is 4.97. The Kier molecular flexibility index (Phi) is 6.63. The van der Waals surface area contributed by atoms with Crippen LogP contribution in [0.15, 0.2) is 53.5 Å². The predicted molar refractivity (Wildman–Crippen MR) is 141 cm³/mol. The normalized spacial score (nSPS) is 13.6. The van der Waals surface area contributed by atoms with Crippen molar-refractivity contribution in [2.45, 2.75) is 0 Å². The van der Waals surface area contributed by atoms with E-state index in [1.165, 1.54) is 0 Å². The van der Waals surface area contributed by atoms with Gasteiger partial charge >= 0.3 is 0 Å². The van der Waals surface area contributed by atoms with Gasteiger partial charge in [-0.3, -0.25) is 4.79 Å². The molecule has 11 heteroatoms. The van der Waals surface area contributed by atoms with Crippen LogP contribution in [0.1, 0.15) is 0 Å². The van der Waals surface area contributed by atoms with Crippen molar-refractivity contribution in [3.8, 4) is 5.75 Å². The fourth-order valence-corrected chi connectivity index (χ4v) is 4.49. The summed E-state index contributed by atoms with van der Waals surface area (Å²) in [7, 11) is 1.62. The molecule has 0 radical (unpaired) electrons. The summed E-state index contributed by atoms with van der Waals surface area (Å²) in [6.45, 7) is 3.72. The second-order valence-electron chi connectivity index (χ2n) is 8.02. The molecule has 1 aliphatic rings. The number of pyridine rings is 1. The molecule has 0 atom stereocenters. The lowest BCUT2D eigenvalue weighted by atomic mass is 10.2. The van der Waals surface area contributed by atoms with E-state index in [0.717, 1.165) is 31.9 Å². The minimum absolute atomic E-state index is 0.354. The average Bonchev–Trinajstić information content (AvgIpc) is 2.86. The Balaban J connectivity index is 1.53. The third-order valence-electron chi connectivity index (χ3n) is 5.76. The van der Waals surface area contributed by atoms with Crippen molar-refractivity contribution in [2.24, 2.45) is 0 Å². The van der Waals surface area contributed by atoms with Crippen LogP contribution >= 0.6 is 23.2 Å². The quantitative estimate of drug-likeness (QED) is 0.299. The molecule has 4 aromatic rings. The van der Waals surface area contributed by atoms with E-state index in [1.807, 2.05) is 18.2 Å². The molecule has 1 aliphatic heterocycles. The number of benzene rings is 2. The number of anilines is 5. The van der Waals surface area contributed by atoms with E-state index in [4.69, 9.17) is 27.9 Å². The highest BCUT2D eigenvalue weighted by atomic mass is 35.5. The fourth-order valence-electron chi connectivity index (χ4n) is 4.04. The molecule has 0 spiro atoms. The number of halogens is 2. The van der Waals surface area contributed by atoms with Crippen LogP contribution in [0.5, 0.6) is 5.75 Å². The highest BCUT2D eigenvalue weighted by Crippen LogP contribution is 2.35. The number of fused-ring (bicyclic) bond motifs is 1. The second kappa shape index (κ2) is 9.99. The van der Waals surface area contributed by atoms with Gasteiger partial charge in [-0.1, -0.05) is 23.2 Å². The summed E-state index contributed by atoms with van der Waals surface area (Å²) < 4.78 is 5.67. The van der Waals surface area contributed by atoms with Crippen LogP contribution in [0.3, 0.4) is 0 Å². The molecule has 0 unspecified atom stereocenters. The molecule has 0 saturated carbocycles. The number of hydrogen-bond acceptors (Lipinski definition) is 8. The Morgan fingerprint density at radius 1 is 1.03 bits per heavy atom. The molecular weight excluding hydrogens is 489 g/mol. The fraction of sp³-hybridized carbons (Fsp3) is 0.208. The van der Waals surface area contributed by atoms with Crippen molar-refractivity contribution >= 4 is 62.7 Å². The summed E-state index contributed by atoms with van der Waals surface area (Å²) in [5.74, 6) is 1.47. The zero-order valence-corrected chi connectivity index (χ0v) is 20.4. The van der Waals surface area contributed by atoms with Crippen LogP contribution in [-0.2, 0) is 0 Å². The number of aromatic amines is 1. The molecule has 1 saturated heterocycles. The van der Waals surface area contributed by atoms with Crippen molar-refractivity contribution < 1.29 is 4.74 Å². The van der Waals surface area contributed by atoms with Gasteiger partial charge in [-0.25, -0.2) is 10.1 Å². The first-order valence-corrected chi connectivity index (χ1v) is 11.8. The van der Waals surface area contributed by atoms with E-state index >= 15 is 0 Å². The maximum atomic E-state index is 12.7. The molecule has 1 fully saturated rings. The van der Waals surface area contributed by atoms with Gasteiger partial charge in [0.25, 0.3) is 5.56 Å². The number of methoxy groups -OCH3 is 1. The van der Waals surface area contributed by atoms with Crippen molar-refractivity contribution in [3.05, 3.63) is 69.1 Å². The molecule has 0 amide bonds. The summed E-state index contributed by atoms with van der Waals surface area (Å²) in [5, 5.41) is 18.2. The zero-order valence-electron chi connectivity index (χ0n) is 18.9. The monoisotopic (exact) mass is 511 g/mol. The van der Waals surface area contributed by atoms with Gasteiger partial charge in [0.05, 0.1) is 35.1 Å². The molecule has 2 aromatic carbocycles. The zero-order chi connectivity index (χ0) is 24.4. The largest absolute Gasteiger partial charge is 0.494 e. The van der Waals surface area contributed by atoms with Gasteiger partial charge in [-0.2, -0.15) is 5.10 Å². The van der Waals surface area contributed by atoms with Crippen molar-refractivity contribution in [1.29, 1.82) is 0 Å². The second-order valence-corrected chi connectivity index (χ2v) is 8.86. The molecule has 3 heterocycles. The number of nitrogens with one attached hydrogen (secondary N) is 4. The van der Waals surface area contributed by atoms with Crippen molar-refractivity contribution in [1.82, 2.24) is 20.5 Å². The average molecular weight is 512 g/mol. The summed E-state index contributed by atoms with van der Waals surface area (Å²) in [6, 6.07) is 12.8. The molecule has 180 valence electrons. The van der Waals surface area contributed by atoms with Crippen molar-refractivity contribution in [2.75, 3.05) is 48.8 Å². The molecule has 0 bridgehead atoms. The lowest BCUT2D eigenvalue weighted by Crippen LogP contribution is -2.43. The number of aromatic nitrogens is 3. The van der Waals surface area contributed by atoms with Crippen LogP contribution in [0.2, 0.25) is 10.0 Å². The summed E-state index contributed by atoms with van der Waals surface area (Å²) in [6.07, 6.45) is 1.57. The first-order valence-electron chi connectivity index (χ1n) is 11.0. The molecule has 9 nitrogen and oxygen atoms in total. The number of hydrogen-bond donors (Lipinski definition) is 4. The lowest BCUT2D eigenvalue weighted by molar-refractivity contribution is 0.416. The van der Waals surface area contributed by atoms with Gasteiger partial charge in [0.1, 0.15) is 17.4 Å². The Morgan fingerprint density at radius 2 is 1.83 bits per heavy atom. The Hall–Kier alpha value is -3.53. The standard InChI is InChI=1S/C24H23Cl2N7O2/c1-35-20-12-16(33-8-6-27-7-9-33)3-5-19(20)30-23-22-14(13-28-32-24(22)34)10-21(31-23)29-18-4-2-15(25)11-17(18)26/h2-5,10-13,27H,6-9H2,1H3,(H,32,34)(H2,29,30,31). The topological polar surface area (TPSA) is 107 Å². The smallest absolute Gasteiger partial charge is 0.275 e. The molecule has 2 aromatic heterocycles. The summed E-state index contributed by atoms with van der Waals surface area (Å²) in [4.78, 5) is 19.6. The Bertz CT molecular complexity index is 1440. The molecular formula is C24H23Cl2N7O2. The number of piperazine rings is 1. The minimum Gasteiger partial charge on any atom is -0.494 e. The molecule has 5 rings (SSSR count). The van der Waals surface area contributed by atoms with E-state index in [-0.39, 0.29) is 5.56 Å². The molecule has 0 aliphatic carbocycles. The maximum Gasteiger partial charge on any atom is 0.275 e. The van der Waals surface area contributed by atoms with Gasteiger partial charge in [-0.15, -0.1) is 0 Å². The van der Waals surface area contributed by atoms with Crippen LogP contribution in [0.4, 0.5) is 28.7 Å². The van der Waals surface area contributed by atoms with E-state index in [1.54, 1.807) is 37.6 Å². The number of rotatable bonds is 6. The summed E-state index contributed by atoms with van der Waals surface area (Å²) in [5.41, 5.74) is 2.02. The highest BCUT2D eigenvalue weighted by molar-refractivity contribution is 6.36. The number of ether oxygens (including phenoxy) is 1. The molecule has 35 heavy (non-hydrogen) atoms. The van der Waals surface area contributed by atoms with Gasteiger partial charge in [0.15, 0.2) is 0 Å². The van der Waals surface area contributed by atoms with E-state index in [2.05, 4.69) is 36.0 Å². The Morgan fingerprint density at radius 3 is 2.60 bits per heavy atom. The maximum absolute atomic E-state index is 12.7. The number of nitrogens with zero attached hydrogens (tertiary/aromatic N) is 3. The van der Waals surface area contributed by atoms with Crippen LogP contribution in [-0.4, -0.2) is 48.5 Å². The highest BCUT2D eigenvalue weighted by Gasteiger charge is 2.16. The van der Waals surface area contributed by atoms with E-state index in [9.17, 15) is 4.79 Å². The Labute approximate surface area is 211 Å². The van der Waals surface area contributed by atoms with Crippen molar-refractivity contribution in [3.63, 3.8) is 0 Å². The molecule has 4 N–H and O–H groups in total. The van der Waals surface area contributed by atoms with Gasteiger partial charge in [0, 0.05) is 48.3 Å². The third-order valence-corrected chi connectivity index (χ3v) is 6.31. The van der Waals surface area contributed by atoms with E-state index < -0.39 is 0 Å². The van der Waals surface area contributed by atoms with E-state index in [0.29, 0.717) is 49.6 Å². The van der Waals surface area contributed by atoms with Crippen LogP contribution < -0.4 is 31.1 Å². The minimum atomic E-state index is -0.357. The first-order chi connectivity index (χ1) is 17.0. The predicted octanol–water partition coefficient (Wildman–Crippen LogP) is 4.53. The van der Waals surface area contributed by atoms with Crippen LogP contribution in [0, 0.1) is 0 Å².